The second-order valence-corrected chi connectivity index (χ2v) is 6.10. The molecule has 3 rings (SSSR count). The molecule has 1 aromatic heterocycles. The van der Waals surface area contributed by atoms with Crippen molar-refractivity contribution in [1.82, 2.24) is 9.88 Å². The summed E-state index contributed by atoms with van der Waals surface area (Å²) < 4.78 is 5.13. The molecule has 0 aliphatic carbocycles. The zero-order valence-electron chi connectivity index (χ0n) is 14.4. The first-order valence-electron chi connectivity index (χ1n) is 8.47. The Labute approximate surface area is 151 Å². The molecule has 0 spiro atoms. The van der Waals surface area contributed by atoms with Crippen LogP contribution < -0.4 is 9.64 Å². The molecule has 2 heterocycles. The van der Waals surface area contributed by atoms with Crippen molar-refractivity contribution >= 4 is 17.4 Å². The van der Waals surface area contributed by atoms with E-state index in [9.17, 15) is 9.59 Å². The average Bonchev–Trinajstić information content (AvgIpc) is 2.68. The van der Waals surface area contributed by atoms with Gasteiger partial charge in [-0.1, -0.05) is 12.1 Å². The fourth-order valence-electron chi connectivity index (χ4n) is 2.92. The zero-order valence-corrected chi connectivity index (χ0v) is 14.4. The zero-order chi connectivity index (χ0) is 18.4. The number of anilines is 1. The van der Waals surface area contributed by atoms with Crippen LogP contribution in [0.2, 0.25) is 0 Å². The molecule has 7 nitrogen and oxygen atoms in total. The van der Waals surface area contributed by atoms with Crippen molar-refractivity contribution in [2.75, 3.05) is 44.2 Å². The summed E-state index contributed by atoms with van der Waals surface area (Å²) in [5.41, 5.74) is 1.68. The summed E-state index contributed by atoms with van der Waals surface area (Å²) in [5.74, 6) is -0.655. The first-order valence-corrected chi connectivity index (χ1v) is 8.47. The molecule has 1 saturated heterocycles. The number of carbonyl (C=O) groups excluding carboxylic acids is 1. The van der Waals surface area contributed by atoms with Crippen LogP contribution in [-0.2, 0) is 4.79 Å². The lowest BCUT2D eigenvalue weighted by Crippen LogP contribution is -2.48. The minimum atomic E-state index is -1.05. The number of ketones is 1. The van der Waals surface area contributed by atoms with Gasteiger partial charge in [0, 0.05) is 49.8 Å². The lowest BCUT2D eigenvalue weighted by atomic mass is 10.1. The number of rotatable bonds is 7. The van der Waals surface area contributed by atoms with E-state index in [1.807, 2.05) is 12.1 Å². The summed E-state index contributed by atoms with van der Waals surface area (Å²) in [7, 11) is 0. The van der Waals surface area contributed by atoms with Crippen LogP contribution in [0.25, 0.3) is 0 Å². The Morgan fingerprint density at radius 3 is 2.50 bits per heavy atom. The van der Waals surface area contributed by atoms with Gasteiger partial charge in [-0.3, -0.25) is 14.7 Å². The number of Topliss-reactive ketones (excluding diaryl/α,β-unsaturated/α-hetero) is 1. The van der Waals surface area contributed by atoms with E-state index in [2.05, 4.69) is 14.8 Å². The number of benzene rings is 1. The molecule has 136 valence electrons. The number of hydrogen-bond donors (Lipinski definition) is 1. The second-order valence-electron chi connectivity index (χ2n) is 6.10. The largest absolute Gasteiger partial charge is 0.482 e. The normalized spacial score (nSPS) is 14.8. The molecule has 0 bridgehead atoms. The van der Waals surface area contributed by atoms with Crippen LogP contribution in [0.5, 0.6) is 5.75 Å². The topological polar surface area (TPSA) is 83.0 Å². The second kappa shape index (κ2) is 8.44. The minimum absolute atomic E-state index is 0.00290. The Hall–Kier alpha value is -2.93. The Morgan fingerprint density at radius 1 is 1.08 bits per heavy atom. The van der Waals surface area contributed by atoms with Gasteiger partial charge in [0.2, 0.25) is 0 Å². The summed E-state index contributed by atoms with van der Waals surface area (Å²) >= 11 is 0. The highest BCUT2D eigenvalue weighted by Crippen LogP contribution is 2.17. The van der Waals surface area contributed by atoms with E-state index in [1.165, 1.54) is 0 Å². The van der Waals surface area contributed by atoms with E-state index in [4.69, 9.17) is 9.84 Å². The highest BCUT2D eigenvalue weighted by molar-refractivity contribution is 5.98. The molecular weight excluding hydrogens is 334 g/mol. The SMILES string of the molecule is O=C(O)COc1cccc(C(=O)CN2CCN(c3ccncc3)CC2)c1. The Kier molecular flexibility index (Phi) is 5.80. The quantitative estimate of drug-likeness (QED) is 0.755. The highest BCUT2D eigenvalue weighted by atomic mass is 16.5. The van der Waals surface area contributed by atoms with Gasteiger partial charge in [-0.2, -0.15) is 0 Å². The van der Waals surface area contributed by atoms with E-state index in [0.717, 1.165) is 31.9 Å². The van der Waals surface area contributed by atoms with Gasteiger partial charge in [0.25, 0.3) is 0 Å². The summed E-state index contributed by atoms with van der Waals surface area (Å²) in [5, 5.41) is 8.67. The molecule has 1 aliphatic rings. The van der Waals surface area contributed by atoms with E-state index in [-0.39, 0.29) is 5.78 Å². The maximum Gasteiger partial charge on any atom is 0.341 e. The standard InChI is InChI=1S/C19H21N3O4/c23-18(15-2-1-3-17(12-15)26-14-19(24)25)13-21-8-10-22(11-9-21)16-4-6-20-7-5-16/h1-7,12H,8-11,13-14H2,(H,24,25). The number of piperazine rings is 1. The van der Waals surface area contributed by atoms with Gasteiger partial charge in [0.05, 0.1) is 6.54 Å². The van der Waals surface area contributed by atoms with E-state index >= 15 is 0 Å². The van der Waals surface area contributed by atoms with Crippen molar-refractivity contribution < 1.29 is 19.4 Å². The molecule has 1 aliphatic heterocycles. The van der Waals surface area contributed by atoms with Crippen LogP contribution in [-0.4, -0.2) is 66.1 Å². The molecule has 0 radical (unpaired) electrons. The number of carbonyl (C=O) groups is 2. The lowest BCUT2D eigenvalue weighted by molar-refractivity contribution is -0.139. The van der Waals surface area contributed by atoms with Gasteiger partial charge in [-0.15, -0.1) is 0 Å². The Bertz CT molecular complexity index is 758. The molecule has 1 N–H and O–H groups in total. The summed E-state index contributed by atoms with van der Waals surface area (Å²) in [4.78, 5) is 31.5. The van der Waals surface area contributed by atoms with Gasteiger partial charge < -0.3 is 14.7 Å². The van der Waals surface area contributed by atoms with E-state index in [1.54, 1.807) is 36.7 Å². The molecule has 0 saturated carbocycles. The number of carboxylic acids is 1. The maximum atomic E-state index is 12.5. The van der Waals surface area contributed by atoms with Gasteiger partial charge in [-0.25, -0.2) is 4.79 Å². The van der Waals surface area contributed by atoms with Crippen molar-refractivity contribution in [3.8, 4) is 5.75 Å². The molecule has 1 aromatic carbocycles. The predicted molar refractivity (Wildman–Crippen MR) is 96.8 cm³/mol. The van der Waals surface area contributed by atoms with Crippen molar-refractivity contribution in [3.05, 3.63) is 54.4 Å². The third kappa shape index (κ3) is 4.80. The molecule has 0 atom stereocenters. The molecule has 0 amide bonds. The van der Waals surface area contributed by atoms with Crippen molar-refractivity contribution in [1.29, 1.82) is 0 Å². The van der Waals surface area contributed by atoms with Crippen LogP contribution in [0.3, 0.4) is 0 Å². The highest BCUT2D eigenvalue weighted by Gasteiger charge is 2.20. The number of ether oxygens (including phenoxy) is 1. The van der Waals surface area contributed by atoms with Gasteiger partial charge in [-0.05, 0) is 24.3 Å². The Morgan fingerprint density at radius 2 is 1.81 bits per heavy atom. The number of hydrogen-bond acceptors (Lipinski definition) is 6. The first-order chi connectivity index (χ1) is 12.6. The Balaban J connectivity index is 1.53. The summed E-state index contributed by atoms with van der Waals surface area (Å²) in [6.45, 7) is 3.26. The molecule has 1 fully saturated rings. The lowest BCUT2D eigenvalue weighted by Gasteiger charge is -2.35. The molecular formula is C19H21N3O4. The number of carboxylic acid groups (broad SMARTS) is 1. The van der Waals surface area contributed by atoms with Crippen LogP contribution in [0.4, 0.5) is 5.69 Å². The third-order valence-corrected chi connectivity index (χ3v) is 4.29. The van der Waals surface area contributed by atoms with E-state index < -0.39 is 12.6 Å². The maximum absolute atomic E-state index is 12.5. The van der Waals surface area contributed by atoms with Crippen molar-refractivity contribution in [3.63, 3.8) is 0 Å². The predicted octanol–water partition coefficient (Wildman–Crippen LogP) is 1.55. The smallest absolute Gasteiger partial charge is 0.341 e. The monoisotopic (exact) mass is 355 g/mol. The first kappa shape index (κ1) is 17.9. The molecule has 2 aromatic rings. The number of nitrogens with zero attached hydrogens (tertiary/aromatic N) is 3. The fraction of sp³-hybridized carbons (Fsp3) is 0.316. The van der Waals surface area contributed by atoms with Gasteiger partial charge in [0.15, 0.2) is 12.4 Å². The van der Waals surface area contributed by atoms with Crippen molar-refractivity contribution in [2.24, 2.45) is 0 Å². The molecule has 7 heteroatoms. The minimum Gasteiger partial charge on any atom is -0.482 e. The summed E-state index contributed by atoms with van der Waals surface area (Å²) in [6, 6.07) is 10.6. The van der Waals surface area contributed by atoms with Crippen molar-refractivity contribution in [2.45, 2.75) is 0 Å². The number of pyridine rings is 1. The molecule has 26 heavy (non-hydrogen) atoms. The molecule has 0 unspecified atom stereocenters. The van der Waals surface area contributed by atoms with Gasteiger partial charge in [0.1, 0.15) is 5.75 Å². The van der Waals surface area contributed by atoms with Crippen LogP contribution in [0.1, 0.15) is 10.4 Å². The third-order valence-electron chi connectivity index (χ3n) is 4.29. The number of aromatic nitrogens is 1. The van der Waals surface area contributed by atoms with Gasteiger partial charge >= 0.3 is 5.97 Å². The van der Waals surface area contributed by atoms with E-state index in [0.29, 0.717) is 17.9 Å². The number of aliphatic carboxylic acids is 1. The van der Waals surface area contributed by atoms with Crippen LogP contribution >= 0.6 is 0 Å². The summed E-state index contributed by atoms with van der Waals surface area (Å²) in [6.07, 6.45) is 3.56. The fourth-order valence-corrected chi connectivity index (χ4v) is 2.92. The average molecular weight is 355 g/mol. The van der Waals surface area contributed by atoms with Crippen LogP contribution in [0.15, 0.2) is 48.8 Å². The van der Waals surface area contributed by atoms with Crippen LogP contribution in [0, 0.1) is 0 Å².